The van der Waals surface area contributed by atoms with Crippen molar-refractivity contribution in [1.29, 1.82) is 0 Å². The van der Waals surface area contributed by atoms with Gasteiger partial charge in [0.25, 0.3) is 0 Å². The van der Waals surface area contributed by atoms with E-state index in [-0.39, 0.29) is 0 Å². The maximum absolute atomic E-state index is 4.49. The summed E-state index contributed by atoms with van der Waals surface area (Å²) in [7, 11) is 0. The zero-order valence-corrected chi connectivity index (χ0v) is 11.3. The molecule has 0 atom stereocenters. The average Bonchev–Trinajstić information content (AvgIpc) is 2.87. The van der Waals surface area contributed by atoms with Crippen LogP contribution < -0.4 is 5.32 Å². The van der Waals surface area contributed by atoms with Gasteiger partial charge in [-0.05, 0) is 36.9 Å². The lowest BCUT2D eigenvalue weighted by atomic mass is 10.3. The zero-order chi connectivity index (χ0) is 11.4. The highest BCUT2D eigenvalue weighted by Crippen LogP contribution is 2.32. The maximum atomic E-state index is 4.49. The summed E-state index contributed by atoms with van der Waals surface area (Å²) in [4.78, 5) is 7.11. The standard InChI is InChI=1S/C12H16N2S2/c1-3-5-13-7-10-8-14-12(16-10)11-9(2)4-6-15-11/h4,6,8,13H,3,5,7H2,1-2H3. The lowest BCUT2D eigenvalue weighted by molar-refractivity contribution is 0.681. The third kappa shape index (κ3) is 2.70. The van der Waals surface area contributed by atoms with Crippen molar-refractivity contribution in [3.63, 3.8) is 0 Å². The van der Waals surface area contributed by atoms with Crippen molar-refractivity contribution in [2.45, 2.75) is 26.8 Å². The van der Waals surface area contributed by atoms with E-state index < -0.39 is 0 Å². The fourth-order valence-electron chi connectivity index (χ4n) is 1.47. The number of rotatable bonds is 5. The van der Waals surface area contributed by atoms with Gasteiger partial charge in [-0.2, -0.15) is 0 Å². The van der Waals surface area contributed by atoms with Gasteiger partial charge in [0.2, 0.25) is 0 Å². The number of thiazole rings is 1. The van der Waals surface area contributed by atoms with E-state index >= 15 is 0 Å². The Hall–Kier alpha value is -0.710. The van der Waals surface area contributed by atoms with E-state index in [0.29, 0.717) is 0 Å². The van der Waals surface area contributed by atoms with Crippen LogP contribution in [-0.2, 0) is 6.54 Å². The van der Waals surface area contributed by atoms with Gasteiger partial charge in [0.05, 0.1) is 4.88 Å². The molecule has 2 aromatic heterocycles. The van der Waals surface area contributed by atoms with Crippen molar-refractivity contribution < 1.29 is 0 Å². The molecule has 0 saturated heterocycles. The molecule has 0 spiro atoms. The smallest absolute Gasteiger partial charge is 0.133 e. The monoisotopic (exact) mass is 252 g/mol. The number of hydrogen-bond acceptors (Lipinski definition) is 4. The Morgan fingerprint density at radius 2 is 2.31 bits per heavy atom. The molecule has 0 radical (unpaired) electrons. The topological polar surface area (TPSA) is 24.9 Å². The van der Waals surface area contributed by atoms with Crippen LogP contribution >= 0.6 is 22.7 Å². The first kappa shape index (κ1) is 11.8. The summed E-state index contributed by atoms with van der Waals surface area (Å²) in [6.07, 6.45) is 3.16. The van der Waals surface area contributed by atoms with Crippen molar-refractivity contribution in [2.75, 3.05) is 6.54 Å². The summed E-state index contributed by atoms with van der Waals surface area (Å²) in [6.45, 7) is 6.34. The molecule has 0 bridgehead atoms. The van der Waals surface area contributed by atoms with Gasteiger partial charge >= 0.3 is 0 Å². The van der Waals surface area contributed by atoms with Crippen LogP contribution in [0.1, 0.15) is 23.8 Å². The van der Waals surface area contributed by atoms with E-state index in [1.54, 1.807) is 22.7 Å². The van der Waals surface area contributed by atoms with Gasteiger partial charge in [0.1, 0.15) is 5.01 Å². The van der Waals surface area contributed by atoms with Crippen LogP contribution in [-0.4, -0.2) is 11.5 Å². The van der Waals surface area contributed by atoms with Crippen molar-refractivity contribution >= 4 is 22.7 Å². The third-order valence-electron chi connectivity index (χ3n) is 2.34. The molecule has 0 aliphatic heterocycles. The Labute approximate surface area is 104 Å². The van der Waals surface area contributed by atoms with Crippen molar-refractivity contribution in [3.05, 3.63) is 28.1 Å². The lowest BCUT2D eigenvalue weighted by Crippen LogP contribution is -2.12. The van der Waals surface area contributed by atoms with Crippen LogP contribution in [0.3, 0.4) is 0 Å². The molecule has 0 unspecified atom stereocenters. The second-order valence-corrected chi connectivity index (χ2v) is 5.77. The highest BCUT2D eigenvalue weighted by atomic mass is 32.1. The minimum absolute atomic E-state index is 0.940. The first-order chi connectivity index (χ1) is 7.81. The molecular formula is C12H16N2S2. The summed E-state index contributed by atoms with van der Waals surface area (Å²) < 4.78 is 0. The fraction of sp³-hybridized carbons (Fsp3) is 0.417. The minimum atomic E-state index is 0.940. The molecule has 2 nitrogen and oxygen atoms in total. The summed E-state index contributed by atoms with van der Waals surface area (Å²) >= 11 is 3.56. The van der Waals surface area contributed by atoms with E-state index in [2.05, 4.69) is 35.6 Å². The van der Waals surface area contributed by atoms with Gasteiger partial charge in [0.15, 0.2) is 0 Å². The fourth-order valence-corrected chi connectivity index (χ4v) is 3.45. The summed E-state index contributed by atoms with van der Waals surface area (Å²) in [5, 5.41) is 6.68. The normalized spacial score (nSPS) is 10.9. The molecule has 2 aromatic rings. The largest absolute Gasteiger partial charge is 0.312 e. The van der Waals surface area contributed by atoms with E-state index in [4.69, 9.17) is 0 Å². The number of nitrogens with one attached hydrogen (secondary N) is 1. The summed E-state index contributed by atoms with van der Waals surface area (Å²) in [5.41, 5.74) is 1.33. The van der Waals surface area contributed by atoms with Crippen LogP contribution in [0, 0.1) is 6.92 Å². The Bertz CT molecular complexity index is 445. The molecule has 0 aliphatic carbocycles. The van der Waals surface area contributed by atoms with E-state index in [0.717, 1.165) is 18.1 Å². The molecule has 0 fully saturated rings. The SMILES string of the molecule is CCCNCc1cnc(-c2sccc2C)s1. The Morgan fingerprint density at radius 3 is 3.00 bits per heavy atom. The Balaban J connectivity index is 2.05. The highest BCUT2D eigenvalue weighted by Gasteiger charge is 2.08. The van der Waals surface area contributed by atoms with Gasteiger partial charge in [-0.1, -0.05) is 6.92 Å². The molecule has 16 heavy (non-hydrogen) atoms. The second-order valence-electron chi connectivity index (χ2n) is 3.74. The summed E-state index contributed by atoms with van der Waals surface area (Å²) in [6, 6.07) is 2.15. The van der Waals surface area contributed by atoms with Crippen molar-refractivity contribution in [1.82, 2.24) is 10.3 Å². The molecule has 86 valence electrons. The summed E-state index contributed by atoms with van der Waals surface area (Å²) in [5.74, 6) is 0. The number of nitrogens with zero attached hydrogens (tertiary/aromatic N) is 1. The van der Waals surface area contributed by atoms with E-state index in [1.165, 1.54) is 21.7 Å². The van der Waals surface area contributed by atoms with Gasteiger partial charge in [-0.3, -0.25) is 0 Å². The van der Waals surface area contributed by atoms with Gasteiger partial charge < -0.3 is 5.32 Å². The van der Waals surface area contributed by atoms with Gasteiger partial charge in [-0.25, -0.2) is 4.98 Å². The predicted octanol–water partition coefficient (Wildman–Crippen LogP) is 3.68. The molecule has 1 N–H and O–H groups in total. The number of aromatic nitrogens is 1. The highest BCUT2D eigenvalue weighted by molar-refractivity contribution is 7.21. The number of aryl methyl sites for hydroxylation is 1. The van der Waals surface area contributed by atoms with Crippen LogP contribution in [0.25, 0.3) is 9.88 Å². The molecular weight excluding hydrogens is 236 g/mol. The zero-order valence-electron chi connectivity index (χ0n) is 9.62. The van der Waals surface area contributed by atoms with Crippen LogP contribution in [0.4, 0.5) is 0 Å². The van der Waals surface area contributed by atoms with Crippen LogP contribution in [0.2, 0.25) is 0 Å². The Morgan fingerprint density at radius 1 is 1.44 bits per heavy atom. The maximum Gasteiger partial charge on any atom is 0.133 e. The van der Waals surface area contributed by atoms with Crippen LogP contribution in [0.5, 0.6) is 0 Å². The quantitative estimate of drug-likeness (QED) is 0.821. The number of thiophene rings is 1. The molecule has 0 saturated carbocycles. The first-order valence-electron chi connectivity index (χ1n) is 5.51. The number of hydrogen-bond donors (Lipinski definition) is 1. The predicted molar refractivity (Wildman–Crippen MR) is 72.2 cm³/mol. The van der Waals surface area contributed by atoms with Crippen molar-refractivity contribution in [3.8, 4) is 9.88 Å². The molecule has 0 aliphatic rings. The molecule has 0 aromatic carbocycles. The van der Waals surface area contributed by atoms with Gasteiger partial charge in [0, 0.05) is 17.6 Å². The minimum Gasteiger partial charge on any atom is -0.312 e. The molecule has 4 heteroatoms. The Kier molecular flexibility index (Phi) is 4.09. The first-order valence-corrected chi connectivity index (χ1v) is 7.20. The lowest BCUT2D eigenvalue weighted by Gasteiger charge is -1.97. The van der Waals surface area contributed by atoms with Gasteiger partial charge in [-0.15, -0.1) is 22.7 Å². The third-order valence-corrected chi connectivity index (χ3v) is 4.50. The average molecular weight is 252 g/mol. The van der Waals surface area contributed by atoms with Crippen molar-refractivity contribution in [2.24, 2.45) is 0 Å². The van der Waals surface area contributed by atoms with Crippen LogP contribution in [0.15, 0.2) is 17.6 Å². The molecule has 0 amide bonds. The van der Waals surface area contributed by atoms with E-state index in [1.807, 2.05) is 6.20 Å². The molecule has 2 rings (SSSR count). The molecule has 2 heterocycles. The second kappa shape index (κ2) is 5.57. The van der Waals surface area contributed by atoms with E-state index in [9.17, 15) is 0 Å².